The first-order valence-corrected chi connectivity index (χ1v) is 4.44. The SMILES string of the molecule is CC1=NCCC1c1ccccc1. The average molecular weight is 159 g/mol. The van der Waals surface area contributed by atoms with Crippen molar-refractivity contribution in [1.29, 1.82) is 0 Å². The number of nitrogens with zero attached hydrogens (tertiary/aromatic N) is 1. The molecule has 0 aromatic heterocycles. The summed E-state index contributed by atoms with van der Waals surface area (Å²) in [6, 6.07) is 10.6. The first-order chi connectivity index (χ1) is 5.88. The maximum atomic E-state index is 4.41. The molecule has 1 aromatic carbocycles. The predicted octanol–water partition coefficient (Wildman–Crippen LogP) is 2.63. The van der Waals surface area contributed by atoms with Gasteiger partial charge < -0.3 is 0 Å². The fourth-order valence-electron chi connectivity index (χ4n) is 1.78. The van der Waals surface area contributed by atoms with Crippen LogP contribution in [-0.4, -0.2) is 12.3 Å². The number of rotatable bonds is 1. The van der Waals surface area contributed by atoms with Crippen LogP contribution in [-0.2, 0) is 0 Å². The lowest BCUT2D eigenvalue weighted by Crippen LogP contribution is -2.03. The van der Waals surface area contributed by atoms with E-state index in [1.54, 1.807) is 0 Å². The number of hydrogen-bond donors (Lipinski definition) is 0. The summed E-state index contributed by atoms with van der Waals surface area (Å²) in [5.41, 5.74) is 2.71. The van der Waals surface area contributed by atoms with Crippen LogP contribution >= 0.6 is 0 Å². The molecule has 0 spiro atoms. The van der Waals surface area contributed by atoms with Crippen molar-refractivity contribution >= 4 is 5.71 Å². The molecule has 1 heteroatoms. The molecule has 1 heterocycles. The minimum atomic E-state index is 0.589. The monoisotopic (exact) mass is 159 g/mol. The quantitative estimate of drug-likeness (QED) is 0.597. The van der Waals surface area contributed by atoms with E-state index < -0.39 is 0 Å². The number of benzene rings is 1. The van der Waals surface area contributed by atoms with Gasteiger partial charge in [0.2, 0.25) is 0 Å². The Bertz CT molecular complexity index is 287. The van der Waals surface area contributed by atoms with Crippen LogP contribution in [0.1, 0.15) is 24.8 Å². The fourth-order valence-corrected chi connectivity index (χ4v) is 1.78. The molecule has 1 nitrogen and oxygen atoms in total. The van der Waals surface area contributed by atoms with E-state index in [1.807, 2.05) is 0 Å². The van der Waals surface area contributed by atoms with Crippen LogP contribution in [0.5, 0.6) is 0 Å². The van der Waals surface area contributed by atoms with Crippen LogP contribution in [0, 0.1) is 0 Å². The second kappa shape index (κ2) is 3.10. The van der Waals surface area contributed by atoms with E-state index in [2.05, 4.69) is 42.2 Å². The van der Waals surface area contributed by atoms with E-state index in [0.29, 0.717) is 5.92 Å². The van der Waals surface area contributed by atoms with Crippen molar-refractivity contribution in [3.8, 4) is 0 Å². The summed E-state index contributed by atoms with van der Waals surface area (Å²) >= 11 is 0. The summed E-state index contributed by atoms with van der Waals surface area (Å²) < 4.78 is 0. The maximum absolute atomic E-state index is 4.41. The molecular weight excluding hydrogens is 146 g/mol. The van der Waals surface area contributed by atoms with Crippen LogP contribution in [0.15, 0.2) is 35.3 Å². The van der Waals surface area contributed by atoms with Gasteiger partial charge in [-0.05, 0) is 18.9 Å². The molecule has 12 heavy (non-hydrogen) atoms. The summed E-state index contributed by atoms with van der Waals surface area (Å²) in [5.74, 6) is 0.589. The highest BCUT2D eigenvalue weighted by Crippen LogP contribution is 2.25. The molecule has 0 aliphatic carbocycles. The van der Waals surface area contributed by atoms with E-state index in [0.717, 1.165) is 6.54 Å². The second-order valence-corrected chi connectivity index (χ2v) is 3.28. The summed E-state index contributed by atoms with van der Waals surface area (Å²) in [6.07, 6.45) is 1.19. The first-order valence-electron chi connectivity index (χ1n) is 4.44. The van der Waals surface area contributed by atoms with Crippen LogP contribution in [0.4, 0.5) is 0 Å². The third kappa shape index (κ3) is 1.27. The van der Waals surface area contributed by atoms with Crippen LogP contribution < -0.4 is 0 Å². The number of aliphatic imine (C=N–C) groups is 1. The van der Waals surface area contributed by atoms with Gasteiger partial charge in [0.1, 0.15) is 0 Å². The Kier molecular flexibility index (Phi) is 1.94. The Morgan fingerprint density at radius 3 is 2.58 bits per heavy atom. The van der Waals surface area contributed by atoms with Crippen LogP contribution in [0.3, 0.4) is 0 Å². The number of hydrogen-bond acceptors (Lipinski definition) is 1. The molecule has 0 N–H and O–H groups in total. The van der Waals surface area contributed by atoms with Crippen molar-refractivity contribution in [3.63, 3.8) is 0 Å². The molecule has 1 atom stereocenters. The Morgan fingerprint density at radius 1 is 1.25 bits per heavy atom. The van der Waals surface area contributed by atoms with Gasteiger partial charge in [0.05, 0.1) is 0 Å². The normalized spacial score (nSPS) is 22.4. The summed E-state index contributed by atoms with van der Waals surface area (Å²) in [6.45, 7) is 3.13. The molecular formula is C11H13N. The zero-order valence-electron chi connectivity index (χ0n) is 7.33. The zero-order chi connectivity index (χ0) is 8.39. The zero-order valence-corrected chi connectivity index (χ0v) is 7.33. The van der Waals surface area contributed by atoms with E-state index in [4.69, 9.17) is 0 Å². The molecule has 0 saturated carbocycles. The standard InChI is InChI=1S/C11H13N/c1-9-11(7-8-12-9)10-5-3-2-4-6-10/h2-6,11H,7-8H2,1H3. The van der Waals surface area contributed by atoms with Crippen molar-refractivity contribution in [2.75, 3.05) is 6.54 Å². The van der Waals surface area contributed by atoms with Crippen molar-refractivity contribution in [2.24, 2.45) is 4.99 Å². The molecule has 1 aromatic rings. The first kappa shape index (κ1) is 7.53. The van der Waals surface area contributed by atoms with Gasteiger partial charge in [-0.3, -0.25) is 4.99 Å². The van der Waals surface area contributed by atoms with Gasteiger partial charge in [-0.15, -0.1) is 0 Å². The maximum Gasteiger partial charge on any atom is 0.0398 e. The molecule has 0 saturated heterocycles. The predicted molar refractivity (Wildman–Crippen MR) is 51.8 cm³/mol. The van der Waals surface area contributed by atoms with Crippen molar-refractivity contribution < 1.29 is 0 Å². The van der Waals surface area contributed by atoms with Gasteiger partial charge in [0.25, 0.3) is 0 Å². The highest BCUT2D eigenvalue weighted by Gasteiger charge is 2.18. The van der Waals surface area contributed by atoms with Crippen molar-refractivity contribution in [2.45, 2.75) is 19.3 Å². The van der Waals surface area contributed by atoms with E-state index in [1.165, 1.54) is 17.7 Å². The molecule has 2 rings (SSSR count). The molecule has 1 aliphatic rings. The Balaban J connectivity index is 2.27. The van der Waals surface area contributed by atoms with Gasteiger partial charge in [-0.1, -0.05) is 30.3 Å². The lowest BCUT2D eigenvalue weighted by molar-refractivity contribution is 0.841. The summed E-state index contributed by atoms with van der Waals surface area (Å²) in [5, 5.41) is 0. The highest BCUT2D eigenvalue weighted by molar-refractivity contribution is 5.90. The molecule has 1 aliphatic heterocycles. The molecule has 0 bridgehead atoms. The van der Waals surface area contributed by atoms with Crippen molar-refractivity contribution in [3.05, 3.63) is 35.9 Å². The molecule has 0 radical (unpaired) electrons. The van der Waals surface area contributed by atoms with Crippen molar-refractivity contribution in [1.82, 2.24) is 0 Å². The Morgan fingerprint density at radius 2 is 2.00 bits per heavy atom. The molecule has 62 valence electrons. The van der Waals surface area contributed by atoms with Gasteiger partial charge in [0.15, 0.2) is 0 Å². The van der Waals surface area contributed by atoms with Crippen LogP contribution in [0.25, 0.3) is 0 Å². The summed E-state index contributed by atoms with van der Waals surface area (Å²) in [4.78, 5) is 4.41. The van der Waals surface area contributed by atoms with E-state index in [9.17, 15) is 0 Å². The highest BCUT2D eigenvalue weighted by atomic mass is 14.8. The average Bonchev–Trinajstić information content (AvgIpc) is 2.53. The van der Waals surface area contributed by atoms with Gasteiger partial charge in [0, 0.05) is 18.2 Å². The second-order valence-electron chi connectivity index (χ2n) is 3.28. The Labute approximate surface area is 73.1 Å². The lowest BCUT2D eigenvalue weighted by Gasteiger charge is -2.09. The van der Waals surface area contributed by atoms with Gasteiger partial charge in [-0.2, -0.15) is 0 Å². The smallest absolute Gasteiger partial charge is 0.0398 e. The van der Waals surface area contributed by atoms with Gasteiger partial charge >= 0.3 is 0 Å². The minimum absolute atomic E-state index is 0.589. The van der Waals surface area contributed by atoms with Crippen LogP contribution in [0.2, 0.25) is 0 Å². The van der Waals surface area contributed by atoms with E-state index >= 15 is 0 Å². The minimum Gasteiger partial charge on any atom is -0.294 e. The third-order valence-corrected chi connectivity index (χ3v) is 2.49. The third-order valence-electron chi connectivity index (χ3n) is 2.49. The topological polar surface area (TPSA) is 12.4 Å². The molecule has 0 amide bonds. The summed E-state index contributed by atoms with van der Waals surface area (Å²) in [7, 11) is 0. The van der Waals surface area contributed by atoms with E-state index in [-0.39, 0.29) is 0 Å². The largest absolute Gasteiger partial charge is 0.294 e. The molecule has 0 fully saturated rings. The Hall–Kier alpha value is -1.11. The fraction of sp³-hybridized carbons (Fsp3) is 0.364. The molecule has 1 unspecified atom stereocenters. The lowest BCUT2D eigenvalue weighted by atomic mass is 9.94. The van der Waals surface area contributed by atoms with Gasteiger partial charge in [-0.25, -0.2) is 0 Å².